The first-order chi connectivity index (χ1) is 4.65. The van der Waals surface area contributed by atoms with Crippen LogP contribution in [0, 0.1) is 10.1 Å². The molecule has 1 radical (unpaired) electrons. The summed E-state index contributed by atoms with van der Waals surface area (Å²) in [6.45, 7) is 0. The standard InChI is InChI=1S/C5H5N2O2S/c8-7(9)5(10)3-1-2-4-6-5/h1-4,6H. The van der Waals surface area contributed by atoms with Crippen LogP contribution in [0.25, 0.3) is 0 Å². The zero-order chi connectivity index (χ0) is 7.61. The number of nitrogens with one attached hydrogen (secondary N) is 1. The molecule has 1 aliphatic rings. The molecule has 1 atom stereocenters. The maximum Gasteiger partial charge on any atom is 0.371 e. The maximum absolute atomic E-state index is 10.2. The molecule has 0 saturated carbocycles. The SMILES string of the molecule is O=[N+]([O-])C1([S])C=CC=CN1. The highest BCUT2D eigenvalue weighted by molar-refractivity contribution is 7.81. The molecule has 0 aromatic rings. The van der Waals surface area contributed by atoms with Gasteiger partial charge in [0.05, 0.1) is 4.92 Å². The first kappa shape index (κ1) is 7.14. The van der Waals surface area contributed by atoms with E-state index in [1.165, 1.54) is 12.3 Å². The molecule has 0 spiro atoms. The molecule has 0 saturated heterocycles. The van der Waals surface area contributed by atoms with E-state index in [4.69, 9.17) is 0 Å². The van der Waals surface area contributed by atoms with E-state index in [2.05, 4.69) is 17.9 Å². The van der Waals surface area contributed by atoms with Gasteiger partial charge in [-0.05, 0) is 6.08 Å². The van der Waals surface area contributed by atoms with Crippen molar-refractivity contribution in [1.29, 1.82) is 0 Å². The van der Waals surface area contributed by atoms with Gasteiger partial charge in [-0.2, -0.15) is 0 Å². The second-order valence-electron chi connectivity index (χ2n) is 1.82. The molecule has 0 bridgehead atoms. The molecule has 4 nitrogen and oxygen atoms in total. The fraction of sp³-hybridized carbons (Fsp3) is 0.200. The lowest BCUT2D eigenvalue weighted by atomic mass is 10.3. The van der Waals surface area contributed by atoms with Crippen molar-refractivity contribution < 1.29 is 4.92 Å². The molecular weight excluding hydrogens is 152 g/mol. The van der Waals surface area contributed by atoms with Crippen LogP contribution in [0.4, 0.5) is 0 Å². The Hall–Kier alpha value is -0.970. The predicted molar refractivity (Wildman–Crippen MR) is 38.7 cm³/mol. The first-order valence-corrected chi connectivity index (χ1v) is 3.03. The number of allylic oxidation sites excluding steroid dienone is 2. The Morgan fingerprint density at radius 3 is 2.60 bits per heavy atom. The van der Waals surface area contributed by atoms with Gasteiger partial charge in [0.15, 0.2) is 0 Å². The lowest BCUT2D eigenvalue weighted by Crippen LogP contribution is -2.43. The zero-order valence-corrected chi connectivity index (χ0v) is 5.80. The summed E-state index contributed by atoms with van der Waals surface area (Å²) < 4.78 is 0. The van der Waals surface area contributed by atoms with Crippen LogP contribution in [0.5, 0.6) is 0 Å². The van der Waals surface area contributed by atoms with Crippen molar-refractivity contribution in [3.63, 3.8) is 0 Å². The Morgan fingerprint density at radius 1 is 1.60 bits per heavy atom. The van der Waals surface area contributed by atoms with E-state index in [-0.39, 0.29) is 0 Å². The normalized spacial score (nSPS) is 29.7. The average molecular weight is 157 g/mol. The topological polar surface area (TPSA) is 55.2 Å². The third-order valence-electron chi connectivity index (χ3n) is 1.09. The van der Waals surface area contributed by atoms with Crippen molar-refractivity contribution in [1.82, 2.24) is 5.32 Å². The largest absolute Gasteiger partial charge is 0.371 e. The second-order valence-corrected chi connectivity index (χ2v) is 2.44. The molecule has 1 rings (SSSR count). The van der Waals surface area contributed by atoms with E-state index in [1.807, 2.05) is 0 Å². The summed E-state index contributed by atoms with van der Waals surface area (Å²) in [6, 6.07) is 0. The van der Waals surface area contributed by atoms with Crippen molar-refractivity contribution in [2.45, 2.75) is 4.99 Å². The molecule has 0 aliphatic carbocycles. The average Bonchev–Trinajstić information content (AvgIpc) is 1.89. The first-order valence-electron chi connectivity index (χ1n) is 2.62. The maximum atomic E-state index is 10.2. The van der Waals surface area contributed by atoms with Gasteiger partial charge in [-0.3, -0.25) is 10.1 Å². The Morgan fingerprint density at radius 2 is 2.30 bits per heavy atom. The Bertz CT molecular complexity index is 214. The predicted octanol–water partition coefficient (Wildman–Crippen LogP) is 0.787. The molecular formula is C5H5N2O2S. The van der Waals surface area contributed by atoms with Crippen LogP contribution >= 0.6 is 12.6 Å². The van der Waals surface area contributed by atoms with E-state index in [9.17, 15) is 10.1 Å². The van der Waals surface area contributed by atoms with Gasteiger partial charge >= 0.3 is 4.99 Å². The van der Waals surface area contributed by atoms with Gasteiger partial charge < -0.3 is 5.32 Å². The van der Waals surface area contributed by atoms with Gasteiger partial charge in [0.25, 0.3) is 0 Å². The highest BCUT2D eigenvalue weighted by atomic mass is 32.1. The van der Waals surface area contributed by atoms with Crippen LogP contribution in [0.3, 0.4) is 0 Å². The van der Waals surface area contributed by atoms with Crippen LogP contribution in [0.1, 0.15) is 0 Å². The van der Waals surface area contributed by atoms with Crippen LogP contribution in [-0.4, -0.2) is 9.92 Å². The van der Waals surface area contributed by atoms with Crippen LogP contribution < -0.4 is 5.32 Å². The van der Waals surface area contributed by atoms with Crippen LogP contribution in [0.2, 0.25) is 0 Å². The number of rotatable bonds is 1. The molecule has 10 heavy (non-hydrogen) atoms. The van der Waals surface area contributed by atoms with Gasteiger partial charge in [-0.1, -0.05) is 6.08 Å². The zero-order valence-electron chi connectivity index (χ0n) is 4.98. The highest BCUT2D eigenvalue weighted by Crippen LogP contribution is 2.15. The fourth-order valence-electron chi connectivity index (χ4n) is 0.571. The van der Waals surface area contributed by atoms with Crippen LogP contribution in [0.15, 0.2) is 24.4 Å². The third kappa shape index (κ3) is 1.13. The fourth-order valence-corrected chi connectivity index (χ4v) is 0.717. The molecule has 0 aromatic carbocycles. The van der Waals surface area contributed by atoms with Crippen LogP contribution in [-0.2, 0) is 0 Å². The molecule has 53 valence electrons. The van der Waals surface area contributed by atoms with Crippen molar-refractivity contribution in [3.8, 4) is 0 Å². The van der Waals surface area contributed by atoms with Crippen molar-refractivity contribution >= 4 is 12.6 Å². The van der Waals surface area contributed by atoms with E-state index >= 15 is 0 Å². The number of nitro groups is 1. The van der Waals surface area contributed by atoms with Gasteiger partial charge in [0, 0.05) is 24.9 Å². The number of dihydropyridines is 1. The summed E-state index contributed by atoms with van der Waals surface area (Å²) in [4.78, 5) is 8.14. The quantitative estimate of drug-likeness (QED) is 0.452. The second kappa shape index (κ2) is 2.34. The van der Waals surface area contributed by atoms with Gasteiger partial charge in [-0.25, -0.2) is 0 Å². The van der Waals surface area contributed by atoms with Crippen molar-refractivity contribution in [3.05, 3.63) is 34.5 Å². The lowest BCUT2D eigenvalue weighted by Gasteiger charge is -2.16. The summed E-state index contributed by atoms with van der Waals surface area (Å²) in [5.41, 5.74) is 0. The summed E-state index contributed by atoms with van der Waals surface area (Å²) in [7, 11) is 0. The minimum Gasteiger partial charge on any atom is -0.314 e. The number of hydrogen-bond acceptors (Lipinski definition) is 3. The van der Waals surface area contributed by atoms with Crippen molar-refractivity contribution in [2.75, 3.05) is 0 Å². The van der Waals surface area contributed by atoms with E-state index in [0.717, 1.165) is 0 Å². The molecule has 1 heterocycles. The summed E-state index contributed by atoms with van der Waals surface area (Å²) in [5, 5.41) is 12.7. The van der Waals surface area contributed by atoms with E-state index in [0.29, 0.717) is 0 Å². The lowest BCUT2D eigenvalue weighted by molar-refractivity contribution is -0.529. The van der Waals surface area contributed by atoms with Gasteiger partial charge in [0.2, 0.25) is 0 Å². The molecule has 0 fully saturated rings. The molecule has 1 aliphatic heterocycles. The molecule has 5 heteroatoms. The molecule has 0 aromatic heterocycles. The summed E-state index contributed by atoms with van der Waals surface area (Å²) in [5.74, 6) is 0. The monoisotopic (exact) mass is 157 g/mol. The summed E-state index contributed by atoms with van der Waals surface area (Å²) in [6.07, 6.45) is 5.97. The number of hydrogen-bond donors (Lipinski definition) is 1. The third-order valence-corrected chi connectivity index (χ3v) is 1.49. The Balaban J connectivity index is 2.80. The molecule has 1 unspecified atom stereocenters. The molecule has 0 amide bonds. The number of nitrogens with zero attached hydrogens (tertiary/aromatic N) is 1. The Kier molecular flexibility index (Phi) is 1.67. The minimum atomic E-state index is -1.53. The highest BCUT2D eigenvalue weighted by Gasteiger charge is 2.35. The van der Waals surface area contributed by atoms with E-state index in [1.54, 1.807) is 12.2 Å². The summed E-state index contributed by atoms with van der Waals surface area (Å²) >= 11 is 4.63. The molecule has 1 N–H and O–H groups in total. The Labute approximate surface area is 63.2 Å². The van der Waals surface area contributed by atoms with Gasteiger partial charge in [-0.15, -0.1) is 0 Å². The minimum absolute atomic E-state index is 0.553. The van der Waals surface area contributed by atoms with Crippen molar-refractivity contribution in [2.24, 2.45) is 0 Å². The van der Waals surface area contributed by atoms with Gasteiger partial charge in [0.1, 0.15) is 0 Å². The smallest absolute Gasteiger partial charge is 0.314 e. The van der Waals surface area contributed by atoms with E-state index < -0.39 is 9.92 Å².